The topological polar surface area (TPSA) is 78.9 Å². The zero-order chi connectivity index (χ0) is 32.0. The van der Waals surface area contributed by atoms with Crippen LogP contribution in [-0.2, 0) is 28.6 Å². The summed E-state index contributed by atoms with van der Waals surface area (Å²) in [7, 11) is 0. The minimum absolute atomic E-state index is 0.0689. The van der Waals surface area contributed by atoms with Gasteiger partial charge in [-0.25, -0.2) is 0 Å². The zero-order valence-electron chi connectivity index (χ0n) is 29.1. The number of hydrogen-bond acceptors (Lipinski definition) is 6. The van der Waals surface area contributed by atoms with Gasteiger partial charge in [0.25, 0.3) is 0 Å². The summed E-state index contributed by atoms with van der Waals surface area (Å²) in [5.74, 6) is 0.670. The predicted molar refractivity (Wildman–Crippen MR) is 178 cm³/mol. The Morgan fingerprint density at radius 1 is 0.442 bits per heavy atom. The maximum Gasteiger partial charge on any atom is 0.306 e. The third-order valence-corrected chi connectivity index (χ3v) is 7.97. The van der Waals surface area contributed by atoms with E-state index in [2.05, 4.69) is 34.6 Å². The molecule has 6 nitrogen and oxygen atoms in total. The molecule has 0 aromatic heterocycles. The summed E-state index contributed by atoms with van der Waals surface area (Å²) in [6.45, 7) is 11.1. The van der Waals surface area contributed by atoms with E-state index in [-0.39, 0.29) is 31.1 Å². The lowest BCUT2D eigenvalue weighted by Gasteiger charge is -2.18. The lowest BCUT2D eigenvalue weighted by Crippen LogP contribution is -2.30. The third-order valence-electron chi connectivity index (χ3n) is 7.97. The first-order valence-electron chi connectivity index (χ1n) is 18.2. The quantitative estimate of drug-likeness (QED) is 0.0441. The summed E-state index contributed by atoms with van der Waals surface area (Å²) >= 11 is 0. The van der Waals surface area contributed by atoms with Gasteiger partial charge in [-0.1, -0.05) is 150 Å². The Labute approximate surface area is 266 Å². The molecule has 254 valence electrons. The highest BCUT2D eigenvalue weighted by Gasteiger charge is 2.19. The molecule has 0 aliphatic carbocycles. The highest BCUT2D eigenvalue weighted by Crippen LogP contribution is 2.15. The van der Waals surface area contributed by atoms with E-state index in [4.69, 9.17) is 14.2 Å². The van der Waals surface area contributed by atoms with E-state index in [1.807, 2.05) is 0 Å². The van der Waals surface area contributed by atoms with Gasteiger partial charge in [0.1, 0.15) is 13.2 Å². The molecule has 0 fully saturated rings. The Kier molecular flexibility index (Phi) is 29.3. The van der Waals surface area contributed by atoms with Gasteiger partial charge in [-0.3, -0.25) is 14.4 Å². The van der Waals surface area contributed by atoms with E-state index in [1.165, 1.54) is 70.6 Å². The summed E-state index contributed by atoms with van der Waals surface area (Å²) in [6, 6.07) is 0. The molecule has 0 aromatic rings. The van der Waals surface area contributed by atoms with Crippen LogP contribution in [0.3, 0.4) is 0 Å². The van der Waals surface area contributed by atoms with Crippen molar-refractivity contribution in [2.24, 2.45) is 11.8 Å². The minimum atomic E-state index is -0.757. The van der Waals surface area contributed by atoms with E-state index in [9.17, 15) is 14.4 Å². The summed E-state index contributed by atoms with van der Waals surface area (Å²) in [6.07, 6.45) is 24.2. The van der Waals surface area contributed by atoms with Gasteiger partial charge >= 0.3 is 17.9 Å². The van der Waals surface area contributed by atoms with Crippen molar-refractivity contribution in [3.8, 4) is 0 Å². The molecule has 0 aromatic carbocycles. The fraction of sp³-hybridized carbons (Fsp3) is 0.919. The van der Waals surface area contributed by atoms with Crippen LogP contribution in [0.2, 0.25) is 0 Å². The monoisotopic (exact) mass is 611 g/mol. The Balaban J connectivity index is 4.32. The van der Waals surface area contributed by atoms with Gasteiger partial charge in [-0.2, -0.15) is 0 Å². The molecule has 0 spiro atoms. The molecule has 0 saturated heterocycles. The number of ether oxygens (including phenoxy) is 3. The SMILES string of the molecule is CCCCCCCC(=O)OC[C@@H](COC(=O)CCCCCCCCCC(C)C)OC(=O)CCCCCCCCCC(C)C. The normalized spacial score (nSPS) is 12.1. The highest BCUT2D eigenvalue weighted by atomic mass is 16.6. The smallest absolute Gasteiger partial charge is 0.306 e. The Morgan fingerprint density at radius 2 is 0.767 bits per heavy atom. The van der Waals surface area contributed by atoms with Crippen LogP contribution < -0.4 is 0 Å². The van der Waals surface area contributed by atoms with Gasteiger partial charge in [-0.05, 0) is 31.1 Å². The maximum atomic E-state index is 12.5. The first-order chi connectivity index (χ1) is 20.7. The van der Waals surface area contributed by atoms with Crippen molar-refractivity contribution in [1.82, 2.24) is 0 Å². The Hall–Kier alpha value is -1.59. The highest BCUT2D eigenvalue weighted by molar-refractivity contribution is 5.71. The summed E-state index contributed by atoms with van der Waals surface area (Å²) in [5, 5.41) is 0. The number of unbranched alkanes of at least 4 members (excludes halogenated alkanes) is 16. The van der Waals surface area contributed by atoms with E-state index >= 15 is 0 Å². The molecule has 0 N–H and O–H groups in total. The van der Waals surface area contributed by atoms with Crippen LogP contribution in [-0.4, -0.2) is 37.2 Å². The van der Waals surface area contributed by atoms with Crippen LogP contribution in [0.1, 0.15) is 189 Å². The third kappa shape index (κ3) is 31.6. The number of esters is 3. The summed E-state index contributed by atoms with van der Waals surface area (Å²) < 4.78 is 16.5. The van der Waals surface area contributed by atoms with E-state index in [1.54, 1.807) is 0 Å². The molecule has 1 atom stereocenters. The molecule has 0 amide bonds. The van der Waals surface area contributed by atoms with Gasteiger partial charge in [0, 0.05) is 19.3 Å². The van der Waals surface area contributed by atoms with Crippen molar-refractivity contribution < 1.29 is 28.6 Å². The molecule has 0 aliphatic heterocycles. The van der Waals surface area contributed by atoms with E-state index in [0.717, 1.165) is 76.0 Å². The number of rotatable bonds is 31. The molecule has 0 rings (SSSR count). The molecule has 0 saturated carbocycles. The zero-order valence-corrected chi connectivity index (χ0v) is 29.1. The Bertz CT molecular complexity index is 659. The van der Waals surface area contributed by atoms with Crippen LogP contribution in [0.25, 0.3) is 0 Å². The van der Waals surface area contributed by atoms with Crippen LogP contribution in [0, 0.1) is 11.8 Å². The van der Waals surface area contributed by atoms with Gasteiger partial charge in [0.2, 0.25) is 0 Å². The molecule has 0 radical (unpaired) electrons. The second-order valence-electron chi connectivity index (χ2n) is 13.5. The van der Waals surface area contributed by atoms with Crippen LogP contribution in [0.15, 0.2) is 0 Å². The van der Waals surface area contributed by atoms with Gasteiger partial charge in [0.15, 0.2) is 6.10 Å². The summed E-state index contributed by atoms with van der Waals surface area (Å²) in [5.41, 5.74) is 0. The molecular formula is C37H70O6. The van der Waals surface area contributed by atoms with Crippen LogP contribution >= 0.6 is 0 Å². The van der Waals surface area contributed by atoms with Crippen molar-refractivity contribution in [3.05, 3.63) is 0 Å². The van der Waals surface area contributed by atoms with Crippen LogP contribution in [0.5, 0.6) is 0 Å². The van der Waals surface area contributed by atoms with Crippen LogP contribution in [0.4, 0.5) is 0 Å². The van der Waals surface area contributed by atoms with Crippen molar-refractivity contribution in [2.45, 2.75) is 195 Å². The Morgan fingerprint density at radius 3 is 1.14 bits per heavy atom. The molecule has 0 aliphatic rings. The lowest BCUT2D eigenvalue weighted by molar-refractivity contribution is -0.167. The molecule has 43 heavy (non-hydrogen) atoms. The number of carbonyl (C=O) groups excluding carboxylic acids is 3. The van der Waals surface area contributed by atoms with Gasteiger partial charge in [-0.15, -0.1) is 0 Å². The largest absolute Gasteiger partial charge is 0.462 e. The average Bonchev–Trinajstić information content (AvgIpc) is 2.96. The molecule has 0 bridgehead atoms. The van der Waals surface area contributed by atoms with E-state index in [0.29, 0.717) is 19.3 Å². The maximum absolute atomic E-state index is 12.5. The van der Waals surface area contributed by atoms with Crippen molar-refractivity contribution >= 4 is 17.9 Å². The van der Waals surface area contributed by atoms with Gasteiger partial charge < -0.3 is 14.2 Å². The standard InChI is InChI=1S/C37H70O6/c1-6-7-8-15-22-27-35(38)41-30-34(43-37(40)29-24-19-14-10-12-17-21-26-33(4)5)31-42-36(39)28-23-18-13-9-11-16-20-25-32(2)3/h32-34H,6-31H2,1-5H3/t34-/m0/s1. The molecular weight excluding hydrogens is 540 g/mol. The minimum Gasteiger partial charge on any atom is -0.462 e. The second kappa shape index (κ2) is 30.4. The first-order valence-corrected chi connectivity index (χ1v) is 18.2. The van der Waals surface area contributed by atoms with Crippen molar-refractivity contribution in [3.63, 3.8) is 0 Å². The van der Waals surface area contributed by atoms with Crippen molar-refractivity contribution in [1.29, 1.82) is 0 Å². The fourth-order valence-corrected chi connectivity index (χ4v) is 5.16. The predicted octanol–water partition coefficient (Wildman–Crippen LogP) is 10.7. The second-order valence-corrected chi connectivity index (χ2v) is 13.5. The fourth-order valence-electron chi connectivity index (χ4n) is 5.16. The molecule has 0 unspecified atom stereocenters. The molecule has 0 heterocycles. The molecule has 6 heteroatoms. The van der Waals surface area contributed by atoms with Gasteiger partial charge in [0.05, 0.1) is 0 Å². The number of hydrogen-bond donors (Lipinski definition) is 0. The van der Waals surface area contributed by atoms with Crippen molar-refractivity contribution in [2.75, 3.05) is 13.2 Å². The average molecular weight is 611 g/mol. The lowest BCUT2D eigenvalue weighted by atomic mass is 10.0. The van der Waals surface area contributed by atoms with E-state index < -0.39 is 6.10 Å². The first kappa shape index (κ1) is 41.4. The number of carbonyl (C=O) groups is 3. The summed E-state index contributed by atoms with van der Waals surface area (Å²) in [4.78, 5) is 37.1.